The molecule has 1 aromatic heterocycles. The van der Waals surface area contributed by atoms with Crippen molar-refractivity contribution in [2.75, 3.05) is 0 Å². The lowest BCUT2D eigenvalue weighted by Crippen LogP contribution is -2.38. The van der Waals surface area contributed by atoms with E-state index in [4.69, 9.17) is 12.2 Å². The van der Waals surface area contributed by atoms with Crippen LogP contribution in [0.3, 0.4) is 0 Å². The first-order chi connectivity index (χ1) is 12.0. The minimum Gasteiger partial charge on any atom is -0.359 e. The van der Waals surface area contributed by atoms with E-state index in [9.17, 15) is 4.39 Å². The van der Waals surface area contributed by atoms with Gasteiger partial charge in [-0.1, -0.05) is 12.8 Å². The summed E-state index contributed by atoms with van der Waals surface area (Å²) < 4.78 is 14.9. The summed E-state index contributed by atoms with van der Waals surface area (Å²) in [6.07, 6.45) is 6.55. The van der Waals surface area contributed by atoms with Crippen LogP contribution in [0.4, 0.5) is 4.39 Å². The van der Waals surface area contributed by atoms with Gasteiger partial charge in [0.05, 0.1) is 23.3 Å². The van der Waals surface area contributed by atoms with Crippen LogP contribution in [0.25, 0.3) is 5.69 Å². The van der Waals surface area contributed by atoms with Crippen LogP contribution < -0.4 is 10.7 Å². The Morgan fingerprint density at radius 1 is 1.28 bits per heavy atom. The Morgan fingerprint density at radius 3 is 2.64 bits per heavy atom. The normalized spacial score (nSPS) is 15.0. The van der Waals surface area contributed by atoms with Crippen molar-refractivity contribution in [2.45, 2.75) is 45.6 Å². The summed E-state index contributed by atoms with van der Waals surface area (Å²) in [6.45, 7) is 3.88. The predicted octanol–water partition coefficient (Wildman–Crippen LogP) is 3.37. The Morgan fingerprint density at radius 2 is 1.96 bits per heavy atom. The number of nitrogens with one attached hydrogen (secondary N) is 2. The van der Waals surface area contributed by atoms with Crippen molar-refractivity contribution >= 4 is 23.5 Å². The summed E-state index contributed by atoms with van der Waals surface area (Å²) in [5.74, 6) is -0.264. The van der Waals surface area contributed by atoms with Crippen LogP contribution in [-0.4, -0.2) is 27.1 Å². The molecule has 1 saturated carbocycles. The molecule has 7 heteroatoms. The molecule has 5 nitrogen and oxygen atoms in total. The summed E-state index contributed by atoms with van der Waals surface area (Å²) in [6, 6.07) is 6.71. The zero-order chi connectivity index (χ0) is 17.8. The molecule has 0 amide bonds. The minimum atomic E-state index is -0.264. The molecule has 1 fully saturated rings. The molecule has 1 aliphatic carbocycles. The molecule has 2 aromatic rings. The number of halogens is 1. The number of benzene rings is 1. The topological polar surface area (TPSA) is 54.2 Å². The molecular formula is C18H22FN5S. The lowest BCUT2D eigenvalue weighted by atomic mass is 10.2. The van der Waals surface area contributed by atoms with E-state index in [-0.39, 0.29) is 5.82 Å². The number of nitrogens with zero attached hydrogens (tertiary/aromatic N) is 3. The van der Waals surface area contributed by atoms with Gasteiger partial charge in [0.1, 0.15) is 5.82 Å². The van der Waals surface area contributed by atoms with E-state index in [1.165, 1.54) is 25.0 Å². The summed E-state index contributed by atoms with van der Waals surface area (Å²) in [5.41, 5.74) is 6.39. The van der Waals surface area contributed by atoms with Gasteiger partial charge in [-0.05, 0) is 63.2 Å². The third kappa shape index (κ3) is 4.22. The first-order valence-corrected chi connectivity index (χ1v) is 8.87. The first kappa shape index (κ1) is 17.5. The van der Waals surface area contributed by atoms with Gasteiger partial charge in [0.2, 0.25) is 0 Å². The Bertz CT molecular complexity index is 776. The van der Waals surface area contributed by atoms with Gasteiger partial charge in [0.15, 0.2) is 5.11 Å². The Kier molecular flexibility index (Phi) is 5.43. The van der Waals surface area contributed by atoms with Crippen LogP contribution in [0.1, 0.15) is 42.6 Å². The third-order valence-electron chi connectivity index (χ3n) is 4.47. The molecule has 1 aromatic carbocycles. The molecule has 2 N–H and O–H groups in total. The largest absolute Gasteiger partial charge is 0.359 e. The fraction of sp³-hybridized carbons (Fsp3) is 0.389. The second-order valence-corrected chi connectivity index (χ2v) is 6.71. The quantitative estimate of drug-likeness (QED) is 0.499. The summed E-state index contributed by atoms with van der Waals surface area (Å²) >= 11 is 5.27. The van der Waals surface area contributed by atoms with Crippen molar-refractivity contribution in [1.29, 1.82) is 0 Å². The highest BCUT2D eigenvalue weighted by atomic mass is 32.1. The molecular weight excluding hydrogens is 337 g/mol. The number of hydrogen-bond donors (Lipinski definition) is 2. The molecule has 132 valence electrons. The maximum atomic E-state index is 13.1. The number of aryl methyl sites for hydroxylation is 1. The van der Waals surface area contributed by atoms with E-state index >= 15 is 0 Å². The average molecular weight is 359 g/mol. The summed E-state index contributed by atoms with van der Waals surface area (Å²) in [7, 11) is 0. The number of hydrogen-bond acceptors (Lipinski definition) is 3. The van der Waals surface area contributed by atoms with Crippen molar-refractivity contribution in [2.24, 2.45) is 5.10 Å². The summed E-state index contributed by atoms with van der Waals surface area (Å²) in [4.78, 5) is 0. The monoisotopic (exact) mass is 359 g/mol. The first-order valence-electron chi connectivity index (χ1n) is 8.46. The van der Waals surface area contributed by atoms with Gasteiger partial charge in [-0.25, -0.2) is 9.07 Å². The Hall–Kier alpha value is -2.28. The summed E-state index contributed by atoms with van der Waals surface area (Å²) in [5, 5.41) is 12.6. The molecule has 0 spiro atoms. The lowest BCUT2D eigenvalue weighted by Gasteiger charge is -2.13. The van der Waals surface area contributed by atoms with Gasteiger partial charge >= 0.3 is 0 Å². The van der Waals surface area contributed by atoms with Crippen LogP contribution in [-0.2, 0) is 0 Å². The van der Waals surface area contributed by atoms with Gasteiger partial charge in [0, 0.05) is 11.6 Å². The zero-order valence-corrected chi connectivity index (χ0v) is 15.2. The van der Waals surface area contributed by atoms with Gasteiger partial charge in [-0.15, -0.1) is 0 Å². The molecule has 0 unspecified atom stereocenters. The van der Waals surface area contributed by atoms with Gasteiger partial charge < -0.3 is 5.32 Å². The molecule has 1 aliphatic rings. The minimum absolute atomic E-state index is 0.264. The molecule has 25 heavy (non-hydrogen) atoms. The smallest absolute Gasteiger partial charge is 0.187 e. The second-order valence-electron chi connectivity index (χ2n) is 6.30. The standard InChI is InChI=1S/C18H22FN5S/c1-12-17(11-20-22-18(25)21-15-5-3-4-6-15)13(2)24(23-12)16-9-7-14(19)8-10-16/h7-11,15H,3-6H2,1-2H3,(H2,21,22,25)/b20-11-. The highest BCUT2D eigenvalue weighted by Crippen LogP contribution is 2.18. The van der Waals surface area contributed by atoms with Crippen molar-refractivity contribution in [1.82, 2.24) is 20.5 Å². The maximum Gasteiger partial charge on any atom is 0.187 e. The molecule has 3 rings (SSSR count). The van der Waals surface area contributed by atoms with E-state index in [0.717, 1.165) is 35.5 Å². The van der Waals surface area contributed by atoms with Crippen LogP contribution in [0, 0.1) is 19.7 Å². The number of rotatable bonds is 4. The molecule has 1 heterocycles. The maximum absolute atomic E-state index is 13.1. The van der Waals surface area contributed by atoms with Crippen molar-refractivity contribution in [3.63, 3.8) is 0 Å². The van der Waals surface area contributed by atoms with E-state index in [1.807, 2.05) is 13.8 Å². The van der Waals surface area contributed by atoms with Gasteiger partial charge in [-0.2, -0.15) is 10.2 Å². The lowest BCUT2D eigenvalue weighted by molar-refractivity contribution is 0.624. The molecule has 0 saturated heterocycles. The number of hydrazone groups is 1. The Labute approximate surface area is 152 Å². The fourth-order valence-electron chi connectivity index (χ4n) is 3.12. The molecule has 0 aliphatic heterocycles. The van der Waals surface area contributed by atoms with Gasteiger partial charge in [0.25, 0.3) is 0 Å². The van der Waals surface area contributed by atoms with E-state index in [0.29, 0.717) is 11.2 Å². The number of aromatic nitrogens is 2. The van der Waals surface area contributed by atoms with Crippen molar-refractivity contribution in [3.05, 3.63) is 47.0 Å². The highest BCUT2D eigenvalue weighted by molar-refractivity contribution is 7.80. The third-order valence-corrected chi connectivity index (χ3v) is 4.68. The van der Waals surface area contributed by atoms with Crippen LogP contribution in [0.2, 0.25) is 0 Å². The van der Waals surface area contributed by atoms with Crippen molar-refractivity contribution in [3.8, 4) is 5.69 Å². The number of thiocarbonyl (C=S) groups is 1. The van der Waals surface area contributed by atoms with Crippen molar-refractivity contribution < 1.29 is 4.39 Å². The second kappa shape index (κ2) is 7.74. The van der Waals surface area contributed by atoms with Crippen LogP contribution in [0.5, 0.6) is 0 Å². The predicted molar refractivity (Wildman–Crippen MR) is 102 cm³/mol. The average Bonchev–Trinajstić information content (AvgIpc) is 3.18. The van der Waals surface area contributed by atoms with Gasteiger partial charge in [-0.3, -0.25) is 5.43 Å². The highest BCUT2D eigenvalue weighted by Gasteiger charge is 2.15. The van der Waals surface area contributed by atoms with E-state index in [1.54, 1.807) is 23.0 Å². The van der Waals surface area contributed by atoms with Crippen LogP contribution >= 0.6 is 12.2 Å². The molecule has 0 bridgehead atoms. The van der Waals surface area contributed by atoms with E-state index in [2.05, 4.69) is 20.9 Å². The molecule has 0 atom stereocenters. The van der Waals surface area contributed by atoms with Crippen LogP contribution in [0.15, 0.2) is 29.4 Å². The fourth-order valence-corrected chi connectivity index (χ4v) is 3.34. The van der Waals surface area contributed by atoms with E-state index < -0.39 is 0 Å². The Balaban J connectivity index is 1.68. The molecule has 0 radical (unpaired) electrons. The zero-order valence-electron chi connectivity index (χ0n) is 14.4. The SMILES string of the molecule is Cc1nn(-c2ccc(F)cc2)c(C)c1/C=N\NC(=S)NC1CCCC1.